The molecule has 140 valence electrons. The lowest BCUT2D eigenvalue weighted by atomic mass is 10.1. The first kappa shape index (κ1) is 17.5. The summed E-state index contributed by atoms with van der Waals surface area (Å²) in [7, 11) is 0. The van der Waals surface area contributed by atoms with Gasteiger partial charge in [-0.1, -0.05) is 6.92 Å². The molecule has 2 aromatic rings. The zero-order chi connectivity index (χ0) is 17.8. The maximum Gasteiger partial charge on any atom is 0.133 e. The van der Waals surface area contributed by atoms with Crippen molar-refractivity contribution in [3.05, 3.63) is 41.2 Å². The molecule has 1 atom stereocenters. The number of nitrogens with zero attached hydrogens (tertiary/aromatic N) is 3. The highest BCUT2D eigenvalue weighted by atomic mass is 16.5. The van der Waals surface area contributed by atoms with Gasteiger partial charge in [-0.2, -0.15) is 0 Å². The molecule has 1 fully saturated rings. The fourth-order valence-electron chi connectivity index (χ4n) is 3.79. The van der Waals surface area contributed by atoms with Gasteiger partial charge in [-0.05, 0) is 18.9 Å². The van der Waals surface area contributed by atoms with Gasteiger partial charge in [0.1, 0.15) is 11.6 Å². The zero-order valence-electron chi connectivity index (χ0n) is 15.5. The van der Waals surface area contributed by atoms with Crippen molar-refractivity contribution in [1.29, 1.82) is 0 Å². The smallest absolute Gasteiger partial charge is 0.133 e. The first-order valence-corrected chi connectivity index (χ1v) is 9.75. The summed E-state index contributed by atoms with van der Waals surface area (Å²) in [4.78, 5) is 12.1. The summed E-state index contributed by atoms with van der Waals surface area (Å²) in [5.74, 6) is 2.58. The molecular formula is C20H28N4O2. The van der Waals surface area contributed by atoms with E-state index in [9.17, 15) is 0 Å². The second kappa shape index (κ2) is 8.18. The van der Waals surface area contributed by atoms with Crippen LogP contribution in [0.25, 0.3) is 0 Å². The first-order chi connectivity index (χ1) is 12.8. The van der Waals surface area contributed by atoms with E-state index in [0.717, 1.165) is 76.7 Å². The fourth-order valence-corrected chi connectivity index (χ4v) is 3.79. The molecule has 1 N–H and O–H groups in total. The average Bonchev–Trinajstić information content (AvgIpc) is 3.32. The topological polar surface area (TPSA) is 63.4 Å². The summed E-state index contributed by atoms with van der Waals surface area (Å²) in [6.07, 6.45) is 7.55. The number of hydrogen-bond donors (Lipinski definition) is 1. The Hall–Kier alpha value is -1.92. The molecule has 0 radical (unpaired) electrons. The molecule has 6 nitrogen and oxygen atoms in total. The van der Waals surface area contributed by atoms with Gasteiger partial charge in [0.05, 0.1) is 24.8 Å². The van der Waals surface area contributed by atoms with E-state index in [2.05, 4.69) is 17.1 Å². The third-order valence-electron chi connectivity index (χ3n) is 5.37. The molecule has 0 saturated carbocycles. The zero-order valence-corrected chi connectivity index (χ0v) is 15.5. The van der Waals surface area contributed by atoms with Gasteiger partial charge in [0.2, 0.25) is 0 Å². The standard InChI is InChI=1S/C20H28N4O2/c1-2-19-22-18-4-8-24(12-16-6-10-26-14-16)7-3-17(18)20(23-19)21-11-15-5-9-25-13-15/h6,10,14-15H,2-5,7-9,11-13H2,1H3,(H,21,22,23)/t15-/m0/s1. The van der Waals surface area contributed by atoms with E-state index < -0.39 is 0 Å². The van der Waals surface area contributed by atoms with E-state index in [0.29, 0.717) is 5.92 Å². The number of hydrogen-bond acceptors (Lipinski definition) is 6. The van der Waals surface area contributed by atoms with Gasteiger partial charge in [-0.15, -0.1) is 0 Å². The lowest BCUT2D eigenvalue weighted by Gasteiger charge is -2.18. The summed E-state index contributed by atoms with van der Waals surface area (Å²) in [5.41, 5.74) is 3.75. The molecule has 0 bridgehead atoms. The SMILES string of the molecule is CCc1nc2c(c(NC[C@@H]3CCOC3)n1)CCN(Cc1ccoc1)CC2. The minimum absolute atomic E-state index is 0.592. The van der Waals surface area contributed by atoms with Gasteiger partial charge in [0.15, 0.2) is 0 Å². The number of anilines is 1. The molecule has 26 heavy (non-hydrogen) atoms. The molecule has 4 heterocycles. The van der Waals surface area contributed by atoms with Crippen molar-refractivity contribution < 1.29 is 9.15 Å². The molecule has 0 spiro atoms. The fraction of sp³-hybridized carbons (Fsp3) is 0.600. The maximum absolute atomic E-state index is 5.50. The Labute approximate surface area is 155 Å². The van der Waals surface area contributed by atoms with Gasteiger partial charge in [-0.25, -0.2) is 9.97 Å². The van der Waals surface area contributed by atoms with E-state index in [1.54, 1.807) is 6.26 Å². The van der Waals surface area contributed by atoms with Crippen LogP contribution >= 0.6 is 0 Å². The number of rotatable bonds is 6. The summed E-state index contributed by atoms with van der Waals surface area (Å²) < 4.78 is 10.7. The van der Waals surface area contributed by atoms with Crippen molar-refractivity contribution in [2.24, 2.45) is 5.92 Å². The molecule has 0 aromatic carbocycles. The molecule has 2 aromatic heterocycles. The van der Waals surface area contributed by atoms with E-state index in [-0.39, 0.29) is 0 Å². The van der Waals surface area contributed by atoms with Crippen LogP contribution in [0.2, 0.25) is 0 Å². The molecule has 6 heteroatoms. The third-order valence-corrected chi connectivity index (χ3v) is 5.37. The number of ether oxygens (including phenoxy) is 1. The minimum atomic E-state index is 0.592. The largest absolute Gasteiger partial charge is 0.472 e. The van der Waals surface area contributed by atoms with Crippen LogP contribution in [0.3, 0.4) is 0 Å². The van der Waals surface area contributed by atoms with Gasteiger partial charge in [-0.3, -0.25) is 4.90 Å². The average molecular weight is 356 g/mol. The van der Waals surface area contributed by atoms with Crippen LogP contribution in [0.5, 0.6) is 0 Å². The number of furan rings is 1. The van der Waals surface area contributed by atoms with Gasteiger partial charge in [0.25, 0.3) is 0 Å². The predicted octanol–water partition coefficient (Wildman–Crippen LogP) is 2.68. The lowest BCUT2D eigenvalue weighted by Crippen LogP contribution is -2.25. The van der Waals surface area contributed by atoms with Gasteiger partial charge >= 0.3 is 0 Å². The number of aryl methyl sites for hydroxylation is 1. The third kappa shape index (κ3) is 4.07. The highest BCUT2D eigenvalue weighted by Crippen LogP contribution is 2.24. The molecule has 2 aliphatic heterocycles. The van der Waals surface area contributed by atoms with Crippen LogP contribution < -0.4 is 5.32 Å². The van der Waals surface area contributed by atoms with Crippen molar-refractivity contribution >= 4 is 5.82 Å². The Morgan fingerprint density at radius 1 is 1.27 bits per heavy atom. The Morgan fingerprint density at radius 2 is 2.19 bits per heavy atom. The number of nitrogens with one attached hydrogen (secondary N) is 1. The van der Waals surface area contributed by atoms with Gasteiger partial charge in [0, 0.05) is 62.7 Å². The second-order valence-electron chi connectivity index (χ2n) is 7.29. The Balaban J connectivity index is 1.48. The van der Waals surface area contributed by atoms with Crippen molar-refractivity contribution in [3.8, 4) is 0 Å². The molecule has 4 rings (SSSR count). The van der Waals surface area contributed by atoms with E-state index in [1.165, 1.54) is 16.8 Å². The van der Waals surface area contributed by atoms with Crippen LogP contribution in [0, 0.1) is 5.92 Å². The normalized spacial score (nSPS) is 20.7. The first-order valence-electron chi connectivity index (χ1n) is 9.75. The second-order valence-corrected chi connectivity index (χ2v) is 7.29. The Kier molecular flexibility index (Phi) is 5.51. The summed E-state index contributed by atoms with van der Waals surface area (Å²) in [6.45, 7) is 7.78. The monoisotopic (exact) mass is 356 g/mol. The number of aromatic nitrogens is 2. The van der Waals surface area contributed by atoms with Crippen LogP contribution in [0.15, 0.2) is 23.0 Å². The van der Waals surface area contributed by atoms with Crippen LogP contribution in [-0.4, -0.2) is 47.7 Å². The predicted molar refractivity (Wildman–Crippen MR) is 100 cm³/mol. The molecule has 2 aliphatic rings. The Morgan fingerprint density at radius 3 is 2.96 bits per heavy atom. The summed E-state index contributed by atoms with van der Waals surface area (Å²) in [6, 6.07) is 2.05. The molecule has 0 amide bonds. The van der Waals surface area contributed by atoms with Crippen LogP contribution in [-0.2, 0) is 30.5 Å². The van der Waals surface area contributed by atoms with E-state index in [4.69, 9.17) is 19.1 Å². The maximum atomic E-state index is 5.50. The van der Waals surface area contributed by atoms with Crippen molar-refractivity contribution in [1.82, 2.24) is 14.9 Å². The Bertz CT molecular complexity index is 711. The van der Waals surface area contributed by atoms with Crippen LogP contribution in [0.4, 0.5) is 5.82 Å². The molecule has 1 saturated heterocycles. The highest BCUT2D eigenvalue weighted by Gasteiger charge is 2.22. The van der Waals surface area contributed by atoms with E-state index in [1.807, 2.05) is 12.3 Å². The van der Waals surface area contributed by atoms with Gasteiger partial charge < -0.3 is 14.5 Å². The van der Waals surface area contributed by atoms with Crippen molar-refractivity contribution in [2.45, 2.75) is 39.2 Å². The van der Waals surface area contributed by atoms with Crippen molar-refractivity contribution in [2.75, 3.05) is 38.2 Å². The quantitative estimate of drug-likeness (QED) is 0.859. The van der Waals surface area contributed by atoms with E-state index >= 15 is 0 Å². The van der Waals surface area contributed by atoms with Crippen LogP contribution in [0.1, 0.15) is 36.0 Å². The van der Waals surface area contributed by atoms with Crippen molar-refractivity contribution in [3.63, 3.8) is 0 Å². The minimum Gasteiger partial charge on any atom is -0.472 e. The number of fused-ring (bicyclic) bond motifs is 1. The summed E-state index contributed by atoms with van der Waals surface area (Å²) in [5, 5.41) is 3.61. The molecule has 0 unspecified atom stereocenters. The highest BCUT2D eigenvalue weighted by molar-refractivity contribution is 5.47. The summed E-state index contributed by atoms with van der Waals surface area (Å²) >= 11 is 0. The molecular weight excluding hydrogens is 328 g/mol. The molecule has 0 aliphatic carbocycles. The lowest BCUT2D eigenvalue weighted by molar-refractivity contribution is 0.187.